The van der Waals surface area contributed by atoms with Crippen LogP contribution < -0.4 is 4.74 Å². The molecule has 0 amide bonds. The predicted octanol–water partition coefficient (Wildman–Crippen LogP) is 2.39. The Hall–Kier alpha value is -0.380. The molecule has 0 atom stereocenters. The Morgan fingerprint density at radius 2 is 2.33 bits per heavy atom. The monoisotopic (exact) mass is 204 g/mol. The molecule has 1 aromatic rings. The van der Waals surface area contributed by atoms with Gasteiger partial charge in [-0.05, 0) is 18.2 Å². The van der Waals surface area contributed by atoms with Gasteiger partial charge in [-0.1, -0.05) is 23.4 Å². The fourth-order valence-corrected chi connectivity index (χ4v) is 1.65. The topological polar surface area (TPSA) is 29.5 Å². The number of hydrogen-bond acceptors (Lipinski definition) is 3. The highest BCUT2D eigenvalue weighted by Gasteiger charge is 2.00. The molecule has 0 aliphatic carbocycles. The molecule has 0 aliphatic heterocycles. The second-order valence-corrected chi connectivity index (χ2v) is 3.50. The lowest BCUT2D eigenvalue weighted by Gasteiger charge is -2.03. The summed E-state index contributed by atoms with van der Waals surface area (Å²) in [5, 5.41) is 9.19. The quantitative estimate of drug-likeness (QED) is 0.606. The average molecular weight is 205 g/mol. The van der Waals surface area contributed by atoms with Gasteiger partial charge in [-0.15, -0.1) is 0 Å². The van der Waals surface area contributed by atoms with E-state index in [1.807, 2.05) is 6.07 Å². The lowest BCUT2D eigenvalue weighted by Crippen LogP contribution is -1.84. The number of aliphatic hydroxyl groups is 1. The van der Waals surface area contributed by atoms with Crippen molar-refractivity contribution in [2.75, 3.05) is 13.0 Å². The standard InChI is InChI=1S/C8H9ClO2S/c1-11-8-3-2-6(12-5-10)4-7(8)9/h2-4,10H,5H2,1H3. The van der Waals surface area contributed by atoms with E-state index in [1.165, 1.54) is 11.8 Å². The van der Waals surface area contributed by atoms with E-state index in [-0.39, 0.29) is 5.94 Å². The van der Waals surface area contributed by atoms with Crippen molar-refractivity contribution in [1.82, 2.24) is 0 Å². The van der Waals surface area contributed by atoms with Crippen molar-refractivity contribution in [3.05, 3.63) is 23.2 Å². The highest BCUT2D eigenvalue weighted by Crippen LogP contribution is 2.29. The largest absolute Gasteiger partial charge is 0.495 e. The van der Waals surface area contributed by atoms with E-state index in [0.29, 0.717) is 10.8 Å². The maximum absolute atomic E-state index is 8.63. The second kappa shape index (κ2) is 4.60. The number of hydrogen-bond donors (Lipinski definition) is 1. The van der Waals surface area contributed by atoms with E-state index in [9.17, 15) is 0 Å². The van der Waals surface area contributed by atoms with E-state index in [0.717, 1.165) is 4.90 Å². The van der Waals surface area contributed by atoms with Crippen LogP contribution >= 0.6 is 23.4 Å². The molecule has 4 heteroatoms. The number of ether oxygens (including phenoxy) is 1. The third-order valence-corrected chi connectivity index (χ3v) is 2.37. The van der Waals surface area contributed by atoms with Crippen molar-refractivity contribution < 1.29 is 9.84 Å². The zero-order valence-corrected chi connectivity index (χ0v) is 8.15. The van der Waals surface area contributed by atoms with Gasteiger partial charge < -0.3 is 9.84 Å². The molecule has 0 unspecified atom stereocenters. The van der Waals surface area contributed by atoms with Crippen molar-refractivity contribution in [3.63, 3.8) is 0 Å². The van der Waals surface area contributed by atoms with Gasteiger partial charge in [0, 0.05) is 4.90 Å². The Morgan fingerprint density at radius 3 is 2.83 bits per heavy atom. The predicted molar refractivity (Wildman–Crippen MR) is 50.9 cm³/mol. The molecule has 0 fully saturated rings. The molecule has 1 rings (SSSR count). The smallest absolute Gasteiger partial charge is 0.137 e. The van der Waals surface area contributed by atoms with Crippen LogP contribution in [0, 0.1) is 0 Å². The Labute approximate surface area is 80.5 Å². The molecule has 2 nitrogen and oxygen atoms in total. The summed E-state index contributed by atoms with van der Waals surface area (Å²) in [6.07, 6.45) is 0. The third kappa shape index (κ3) is 2.30. The lowest BCUT2D eigenvalue weighted by atomic mass is 10.3. The summed E-state index contributed by atoms with van der Waals surface area (Å²) in [5.41, 5.74) is 0. The van der Waals surface area contributed by atoms with Crippen molar-refractivity contribution >= 4 is 23.4 Å². The summed E-state index contributed by atoms with van der Waals surface area (Å²) < 4.78 is 4.97. The fourth-order valence-electron chi connectivity index (χ4n) is 0.811. The molecule has 1 aromatic carbocycles. The van der Waals surface area contributed by atoms with Gasteiger partial charge in [0.05, 0.1) is 18.1 Å². The average Bonchev–Trinajstić information content (AvgIpc) is 2.05. The van der Waals surface area contributed by atoms with Gasteiger partial charge in [-0.25, -0.2) is 0 Å². The molecule has 0 aliphatic rings. The van der Waals surface area contributed by atoms with Crippen LogP contribution in [0.2, 0.25) is 5.02 Å². The van der Waals surface area contributed by atoms with Gasteiger partial charge in [0.25, 0.3) is 0 Å². The zero-order chi connectivity index (χ0) is 8.97. The minimum absolute atomic E-state index is 0.0582. The number of aliphatic hydroxyl groups excluding tert-OH is 1. The molecule has 0 bridgehead atoms. The van der Waals surface area contributed by atoms with E-state index in [2.05, 4.69) is 0 Å². The number of benzene rings is 1. The number of thioether (sulfide) groups is 1. The molecule has 0 saturated carbocycles. The maximum atomic E-state index is 8.63. The molecule has 0 saturated heterocycles. The SMILES string of the molecule is COc1ccc(SCO)cc1Cl. The highest BCUT2D eigenvalue weighted by atomic mass is 35.5. The first-order valence-electron chi connectivity index (χ1n) is 3.35. The van der Waals surface area contributed by atoms with Crippen molar-refractivity contribution in [2.24, 2.45) is 0 Å². The van der Waals surface area contributed by atoms with Gasteiger partial charge in [0.1, 0.15) is 5.75 Å². The van der Waals surface area contributed by atoms with Gasteiger partial charge in [-0.3, -0.25) is 0 Å². The summed E-state index contributed by atoms with van der Waals surface area (Å²) in [7, 11) is 1.57. The highest BCUT2D eigenvalue weighted by molar-refractivity contribution is 7.99. The van der Waals surface area contributed by atoms with Crippen LogP contribution in [0.25, 0.3) is 0 Å². The van der Waals surface area contributed by atoms with Gasteiger partial charge >= 0.3 is 0 Å². The summed E-state index contributed by atoms with van der Waals surface area (Å²) in [4.78, 5) is 0.934. The molecular formula is C8H9ClO2S. The van der Waals surface area contributed by atoms with Crippen LogP contribution in [0.15, 0.2) is 23.1 Å². The Morgan fingerprint density at radius 1 is 1.58 bits per heavy atom. The molecular weight excluding hydrogens is 196 g/mol. The van der Waals surface area contributed by atoms with Crippen LogP contribution in [-0.2, 0) is 0 Å². The van der Waals surface area contributed by atoms with Crippen LogP contribution in [-0.4, -0.2) is 18.2 Å². The molecule has 0 spiro atoms. The zero-order valence-electron chi connectivity index (χ0n) is 6.58. The van der Waals surface area contributed by atoms with Crippen molar-refractivity contribution in [1.29, 1.82) is 0 Å². The molecule has 12 heavy (non-hydrogen) atoms. The fraction of sp³-hybridized carbons (Fsp3) is 0.250. The number of rotatable bonds is 3. The lowest BCUT2D eigenvalue weighted by molar-refractivity contribution is 0.375. The molecule has 1 N–H and O–H groups in total. The van der Waals surface area contributed by atoms with Crippen LogP contribution in [0.5, 0.6) is 5.75 Å². The Balaban J connectivity index is 2.86. The van der Waals surface area contributed by atoms with E-state index in [4.69, 9.17) is 21.4 Å². The first kappa shape index (κ1) is 9.71. The Kier molecular flexibility index (Phi) is 3.72. The second-order valence-electron chi connectivity index (χ2n) is 2.07. The van der Waals surface area contributed by atoms with E-state index in [1.54, 1.807) is 19.2 Å². The Bertz CT molecular complexity index is 265. The van der Waals surface area contributed by atoms with Gasteiger partial charge in [0.15, 0.2) is 0 Å². The molecule has 0 radical (unpaired) electrons. The van der Waals surface area contributed by atoms with E-state index >= 15 is 0 Å². The minimum Gasteiger partial charge on any atom is -0.495 e. The maximum Gasteiger partial charge on any atom is 0.137 e. The summed E-state index contributed by atoms with van der Waals surface area (Å²) >= 11 is 7.17. The third-order valence-electron chi connectivity index (χ3n) is 1.35. The first-order chi connectivity index (χ1) is 5.77. The summed E-state index contributed by atoms with van der Waals surface area (Å²) in [6, 6.07) is 5.40. The normalized spacial score (nSPS) is 9.92. The van der Waals surface area contributed by atoms with Crippen molar-refractivity contribution in [2.45, 2.75) is 4.90 Å². The van der Waals surface area contributed by atoms with Gasteiger partial charge in [-0.2, -0.15) is 0 Å². The summed E-state index contributed by atoms with van der Waals surface area (Å²) in [5.74, 6) is 0.710. The van der Waals surface area contributed by atoms with Crippen LogP contribution in [0.1, 0.15) is 0 Å². The molecule has 0 aromatic heterocycles. The van der Waals surface area contributed by atoms with Gasteiger partial charge in [0.2, 0.25) is 0 Å². The van der Waals surface area contributed by atoms with Crippen LogP contribution in [0.3, 0.4) is 0 Å². The number of halogens is 1. The summed E-state index contributed by atoms with van der Waals surface area (Å²) in [6.45, 7) is 0. The molecule has 0 heterocycles. The van der Waals surface area contributed by atoms with E-state index < -0.39 is 0 Å². The van der Waals surface area contributed by atoms with Crippen molar-refractivity contribution in [3.8, 4) is 5.75 Å². The first-order valence-corrected chi connectivity index (χ1v) is 4.71. The minimum atomic E-state index is 0.0582. The molecule has 66 valence electrons. The van der Waals surface area contributed by atoms with Crippen LogP contribution in [0.4, 0.5) is 0 Å². The number of methoxy groups -OCH3 is 1.